The molecule has 1 saturated heterocycles. The first-order valence-corrected chi connectivity index (χ1v) is 11.5. The Bertz CT molecular complexity index is 1280. The number of benzene rings is 2. The van der Waals surface area contributed by atoms with Crippen LogP contribution in [0.2, 0.25) is 0 Å². The van der Waals surface area contributed by atoms with E-state index in [1.54, 1.807) is 18.8 Å². The van der Waals surface area contributed by atoms with Gasteiger partial charge >= 0.3 is 0 Å². The van der Waals surface area contributed by atoms with Crippen molar-refractivity contribution in [2.75, 3.05) is 40.5 Å². The number of likely N-dealkylation sites (tertiary alicyclic amines) is 1. The Morgan fingerprint density at radius 1 is 0.909 bits per heavy atom. The monoisotopic (exact) mass is 449 g/mol. The lowest BCUT2D eigenvalue weighted by Gasteiger charge is -2.26. The van der Waals surface area contributed by atoms with Gasteiger partial charge in [0.15, 0.2) is 11.5 Å². The molecule has 7 heteroatoms. The molecule has 2 aromatic carbocycles. The average Bonchev–Trinajstić information content (AvgIpc) is 3.34. The van der Waals surface area contributed by atoms with Gasteiger partial charge in [-0.25, -0.2) is 0 Å². The lowest BCUT2D eigenvalue weighted by molar-refractivity contribution is 0.180. The zero-order chi connectivity index (χ0) is 22.9. The van der Waals surface area contributed by atoms with E-state index in [2.05, 4.69) is 9.47 Å². The Balaban J connectivity index is 1.48. The van der Waals surface area contributed by atoms with Crippen LogP contribution in [0.1, 0.15) is 19.3 Å². The Kier molecular flexibility index (Phi) is 5.81. The maximum Gasteiger partial charge on any atom is 0.206 e. The third-order valence-corrected chi connectivity index (χ3v) is 6.69. The largest absolute Gasteiger partial charge is 0.497 e. The molecule has 0 aliphatic carbocycles. The predicted octanol–water partition coefficient (Wildman–Crippen LogP) is 4.71. The van der Waals surface area contributed by atoms with Crippen molar-refractivity contribution in [3.05, 3.63) is 42.6 Å². The first-order valence-electron chi connectivity index (χ1n) is 11.5. The van der Waals surface area contributed by atoms with Crippen LogP contribution >= 0.6 is 0 Å². The molecule has 2 aromatic heterocycles. The molecule has 0 spiro atoms. The van der Waals surface area contributed by atoms with Gasteiger partial charge in [0.25, 0.3) is 0 Å². The van der Waals surface area contributed by atoms with E-state index in [0.717, 1.165) is 52.9 Å². The Hall–Kier alpha value is -3.32. The van der Waals surface area contributed by atoms with Gasteiger partial charge in [-0.2, -0.15) is 0 Å². The second kappa shape index (κ2) is 8.90. The first-order chi connectivity index (χ1) is 16.1. The smallest absolute Gasteiger partial charge is 0.206 e. The molecule has 1 aliphatic heterocycles. The number of methoxy groups -OCH3 is 2. The fraction of sp³-hybridized carbons (Fsp3) is 0.385. The topological polar surface area (TPSA) is 61.0 Å². The molecule has 5 rings (SSSR count). The third kappa shape index (κ3) is 3.86. The van der Waals surface area contributed by atoms with Crippen LogP contribution in [0.15, 0.2) is 42.6 Å². The molecule has 1 N–H and O–H groups in total. The number of rotatable bonds is 7. The summed E-state index contributed by atoms with van der Waals surface area (Å²) in [4.78, 5) is 2.45. The number of aromatic hydroxyl groups is 1. The molecule has 0 amide bonds. The van der Waals surface area contributed by atoms with E-state index < -0.39 is 0 Å². The minimum atomic E-state index is 0.188. The van der Waals surface area contributed by atoms with Gasteiger partial charge in [-0.1, -0.05) is 6.42 Å². The Morgan fingerprint density at radius 2 is 1.73 bits per heavy atom. The number of aryl methyl sites for hydroxylation is 1. The van der Waals surface area contributed by atoms with Crippen molar-refractivity contribution in [1.29, 1.82) is 0 Å². The third-order valence-electron chi connectivity index (χ3n) is 6.69. The molecule has 4 aromatic rings. The molecule has 7 nitrogen and oxygen atoms in total. The van der Waals surface area contributed by atoms with Gasteiger partial charge in [0.2, 0.25) is 5.88 Å². The summed E-state index contributed by atoms with van der Waals surface area (Å²) < 4.78 is 20.9. The van der Waals surface area contributed by atoms with E-state index in [9.17, 15) is 5.11 Å². The van der Waals surface area contributed by atoms with Gasteiger partial charge in [0, 0.05) is 36.8 Å². The van der Waals surface area contributed by atoms with Crippen LogP contribution in [-0.2, 0) is 7.05 Å². The highest BCUT2D eigenvalue weighted by molar-refractivity contribution is 6.11. The minimum Gasteiger partial charge on any atom is -0.497 e. The summed E-state index contributed by atoms with van der Waals surface area (Å²) in [5.41, 5.74) is 2.80. The number of aromatic nitrogens is 2. The van der Waals surface area contributed by atoms with Gasteiger partial charge < -0.3 is 23.9 Å². The SMILES string of the molecule is COc1ccc2c(c1)c1c(O)n(-c3ccc(OC)c(OCCN4CCCCC4)c3)cc1n2C. The van der Waals surface area contributed by atoms with Gasteiger partial charge in [-0.3, -0.25) is 9.47 Å². The van der Waals surface area contributed by atoms with E-state index in [1.165, 1.54) is 19.3 Å². The number of fused-ring (bicyclic) bond motifs is 3. The van der Waals surface area contributed by atoms with Crippen LogP contribution < -0.4 is 14.2 Å². The first kappa shape index (κ1) is 21.5. The van der Waals surface area contributed by atoms with Crippen molar-refractivity contribution in [3.8, 4) is 28.8 Å². The van der Waals surface area contributed by atoms with Crippen LogP contribution in [0.3, 0.4) is 0 Å². The highest BCUT2D eigenvalue weighted by Gasteiger charge is 2.19. The molecular weight excluding hydrogens is 418 g/mol. The van der Waals surface area contributed by atoms with Crippen LogP contribution in [0.5, 0.6) is 23.1 Å². The van der Waals surface area contributed by atoms with Crippen molar-refractivity contribution >= 4 is 21.8 Å². The summed E-state index contributed by atoms with van der Waals surface area (Å²) in [6.45, 7) is 3.79. The normalized spacial score (nSPS) is 14.8. The molecule has 33 heavy (non-hydrogen) atoms. The number of hydrogen-bond acceptors (Lipinski definition) is 5. The van der Waals surface area contributed by atoms with Crippen LogP contribution in [-0.4, -0.2) is 59.6 Å². The van der Waals surface area contributed by atoms with E-state index in [-0.39, 0.29) is 5.88 Å². The van der Waals surface area contributed by atoms with Crippen LogP contribution in [0, 0.1) is 0 Å². The summed E-state index contributed by atoms with van der Waals surface area (Å²) in [6, 6.07) is 11.7. The van der Waals surface area contributed by atoms with E-state index in [1.807, 2.05) is 49.6 Å². The molecule has 1 fully saturated rings. The van der Waals surface area contributed by atoms with E-state index in [4.69, 9.17) is 14.2 Å². The fourth-order valence-corrected chi connectivity index (χ4v) is 4.85. The molecular formula is C26H31N3O4. The predicted molar refractivity (Wildman–Crippen MR) is 130 cm³/mol. The zero-order valence-electron chi connectivity index (χ0n) is 19.5. The number of hydrogen-bond donors (Lipinski definition) is 1. The fourth-order valence-electron chi connectivity index (χ4n) is 4.85. The van der Waals surface area contributed by atoms with Crippen LogP contribution in [0.25, 0.3) is 27.5 Å². The molecule has 0 atom stereocenters. The maximum atomic E-state index is 11.2. The summed E-state index contributed by atoms with van der Waals surface area (Å²) in [7, 11) is 5.30. The molecule has 0 radical (unpaired) electrons. The number of ether oxygens (including phenoxy) is 3. The minimum absolute atomic E-state index is 0.188. The summed E-state index contributed by atoms with van der Waals surface area (Å²) in [5, 5.41) is 13.0. The summed E-state index contributed by atoms with van der Waals surface area (Å²) in [6.07, 6.45) is 5.81. The number of piperidine rings is 1. The molecule has 0 unspecified atom stereocenters. The second-order valence-corrected chi connectivity index (χ2v) is 8.61. The maximum absolute atomic E-state index is 11.2. The Morgan fingerprint density at radius 3 is 2.48 bits per heavy atom. The molecule has 0 bridgehead atoms. The van der Waals surface area contributed by atoms with E-state index in [0.29, 0.717) is 18.1 Å². The zero-order valence-corrected chi connectivity index (χ0v) is 19.5. The highest BCUT2D eigenvalue weighted by atomic mass is 16.5. The van der Waals surface area contributed by atoms with Gasteiger partial charge in [0.05, 0.1) is 30.8 Å². The lowest BCUT2D eigenvalue weighted by Crippen LogP contribution is -2.33. The summed E-state index contributed by atoms with van der Waals surface area (Å²) in [5.74, 6) is 2.31. The molecule has 1 aliphatic rings. The van der Waals surface area contributed by atoms with Crippen LogP contribution in [0.4, 0.5) is 0 Å². The second-order valence-electron chi connectivity index (χ2n) is 8.61. The van der Waals surface area contributed by atoms with Crippen molar-refractivity contribution in [1.82, 2.24) is 14.0 Å². The Labute approximate surface area is 193 Å². The molecule has 3 heterocycles. The van der Waals surface area contributed by atoms with Gasteiger partial charge in [-0.05, 0) is 56.3 Å². The molecule has 0 saturated carbocycles. The van der Waals surface area contributed by atoms with E-state index >= 15 is 0 Å². The summed E-state index contributed by atoms with van der Waals surface area (Å²) >= 11 is 0. The lowest BCUT2D eigenvalue weighted by atomic mass is 10.1. The average molecular weight is 450 g/mol. The highest BCUT2D eigenvalue weighted by Crippen LogP contribution is 2.40. The number of nitrogens with zero attached hydrogens (tertiary/aromatic N) is 3. The van der Waals surface area contributed by atoms with Crippen molar-refractivity contribution in [2.24, 2.45) is 7.05 Å². The van der Waals surface area contributed by atoms with Crippen molar-refractivity contribution in [3.63, 3.8) is 0 Å². The van der Waals surface area contributed by atoms with Crippen molar-refractivity contribution < 1.29 is 19.3 Å². The van der Waals surface area contributed by atoms with Gasteiger partial charge in [0.1, 0.15) is 12.4 Å². The quantitative estimate of drug-likeness (QED) is 0.443. The van der Waals surface area contributed by atoms with Crippen molar-refractivity contribution in [2.45, 2.75) is 19.3 Å². The standard InChI is InChI=1S/C26H31N3O4/c1-27-21-9-8-19(31-2)16-20(21)25-22(27)17-29(26(25)30)18-7-10-23(32-3)24(15-18)33-14-13-28-11-5-4-6-12-28/h7-10,15-17,30H,4-6,11-14H2,1-3H3. The van der Waals surface area contributed by atoms with Gasteiger partial charge in [-0.15, -0.1) is 0 Å². The molecule has 174 valence electrons.